The highest BCUT2D eigenvalue weighted by molar-refractivity contribution is 6.34. The van der Waals surface area contributed by atoms with E-state index in [-0.39, 0.29) is 11.5 Å². The molecule has 0 saturated carbocycles. The van der Waals surface area contributed by atoms with Crippen LogP contribution in [-0.2, 0) is 0 Å². The topological polar surface area (TPSA) is 94.0 Å². The minimum atomic E-state index is -1.26. The number of aromatic nitrogens is 3. The third-order valence-corrected chi connectivity index (χ3v) is 2.60. The molecule has 0 unspecified atom stereocenters. The zero-order valence-corrected chi connectivity index (χ0v) is 9.77. The van der Waals surface area contributed by atoms with Gasteiger partial charge in [0, 0.05) is 5.02 Å². The van der Waals surface area contributed by atoms with Gasteiger partial charge in [0.2, 0.25) is 5.69 Å². The Bertz CT molecular complexity index is 597. The summed E-state index contributed by atoms with van der Waals surface area (Å²) in [4.78, 5) is 10.8. The number of carbonyl (C=O) groups is 1. The highest BCUT2D eigenvalue weighted by Crippen LogP contribution is 2.26. The Morgan fingerprint density at radius 3 is 2.71 bits per heavy atom. The number of aromatic carboxylic acids is 1. The SMILES string of the molecule is Nc1c(C(=O)O)nnn1-c1cc(Cl)ccc1Cl. The van der Waals surface area contributed by atoms with Crippen LogP contribution in [0.1, 0.15) is 10.5 Å². The van der Waals surface area contributed by atoms with Gasteiger partial charge in [0.25, 0.3) is 0 Å². The molecule has 0 amide bonds. The zero-order valence-electron chi connectivity index (χ0n) is 8.26. The standard InChI is InChI=1S/C9H6Cl2N4O2/c10-4-1-2-5(11)6(3-4)15-8(12)7(9(16)17)13-14-15/h1-3H,12H2,(H,16,17). The van der Waals surface area contributed by atoms with Gasteiger partial charge in [-0.1, -0.05) is 28.4 Å². The van der Waals surface area contributed by atoms with Gasteiger partial charge in [0.1, 0.15) is 0 Å². The van der Waals surface area contributed by atoms with Crippen molar-refractivity contribution in [3.63, 3.8) is 0 Å². The molecule has 88 valence electrons. The first-order chi connectivity index (χ1) is 8.00. The van der Waals surface area contributed by atoms with E-state index in [4.69, 9.17) is 34.0 Å². The van der Waals surface area contributed by atoms with Gasteiger partial charge in [0.15, 0.2) is 5.82 Å². The number of nitrogen functional groups attached to an aromatic ring is 1. The van der Waals surface area contributed by atoms with Crippen LogP contribution in [0, 0.1) is 0 Å². The van der Waals surface area contributed by atoms with Crippen molar-refractivity contribution in [2.24, 2.45) is 0 Å². The first-order valence-electron chi connectivity index (χ1n) is 4.40. The number of nitrogens with two attached hydrogens (primary N) is 1. The molecule has 0 aliphatic rings. The van der Waals surface area contributed by atoms with Gasteiger partial charge >= 0.3 is 5.97 Å². The minimum absolute atomic E-state index is 0.110. The molecule has 0 spiro atoms. The number of carboxylic acid groups (broad SMARTS) is 1. The molecular weight excluding hydrogens is 267 g/mol. The van der Waals surface area contributed by atoms with Gasteiger partial charge in [-0.15, -0.1) is 5.10 Å². The molecule has 0 aliphatic heterocycles. The van der Waals surface area contributed by atoms with Gasteiger partial charge in [-0.3, -0.25) is 0 Å². The lowest BCUT2D eigenvalue weighted by molar-refractivity contribution is 0.0691. The molecule has 6 nitrogen and oxygen atoms in total. The third kappa shape index (κ3) is 2.04. The smallest absolute Gasteiger partial charge is 0.360 e. The van der Waals surface area contributed by atoms with E-state index in [1.165, 1.54) is 6.07 Å². The van der Waals surface area contributed by atoms with Crippen LogP contribution in [-0.4, -0.2) is 26.1 Å². The van der Waals surface area contributed by atoms with Crippen LogP contribution in [0.25, 0.3) is 5.69 Å². The van der Waals surface area contributed by atoms with Gasteiger partial charge in [-0.25, -0.2) is 4.79 Å². The fourth-order valence-corrected chi connectivity index (χ4v) is 1.63. The van der Waals surface area contributed by atoms with Crippen molar-refractivity contribution in [2.75, 3.05) is 5.73 Å². The van der Waals surface area contributed by atoms with Crippen LogP contribution in [0.5, 0.6) is 0 Å². The molecule has 0 saturated heterocycles. The average molecular weight is 273 g/mol. The maximum absolute atomic E-state index is 10.8. The summed E-state index contributed by atoms with van der Waals surface area (Å²) in [5.74, 6) is -1.37. The summed E-state index contributed by atoms with van der Waals surface area (Å²) in [6, 6.07) is 4.67. The number of hydrogen-bond donors (Lipinski definition) is 2. The van der Waals surface area contributed by atoms with E-state index in [1.807, 2.05) is 0 Å². The van der Waals surface area contributed by atoms with Crippen LogP contribution >= 0.6 is 23.2 Å². The molecule has 1 aromatic heterocycles. The molecule has 0 atom stereocenters. The highest BCUT2D eigenvalue weighted by Gasteiger charge is 2.18. The number of benzene rings is 1. The van der Waals surface area contributed by atoms with E-state index in [0.717, 1.165) is 4.68 Å². The maximum Gasteiger partial charge on any atom is 0.360 e. The van der Waals surface area contributed by atoms with Crippen LogP contribution in [0.3, 0.4) is 0 Å². The van der Waals surface area contributed by atoms with E-state index in [9.17, 15) is 4.79 Å². The second-order valence-electron chi connectivity index (χ2n) is 3.14. The summed E-state index contributed by atoms with van der Waals surface area (Å²) in [7, 11) is 0. The third-order valence-electron chi connectivity index (χ3n) is 2.04. The van der Waals surface area contributed by atoms with Gasteiger partial charge in [0.05, 0.1) is 10.7 Å². The van der Waals surface area contributed by atoms with Gasteiger partial charge in [-0.2, -0.15) is 4.68 Å². The van der Waals surface area contributed by atoms with E-state index in [1.54, 1.807) is 12.1 Å². The summed E-state index contributed by atoms with van der Waals surface area (Å²) >= 11 is 11.8. The molecule has 0 aliphatic carbocycles. The zero-order chi connectivity index (χ0) is 12.6. The molecule has 8 heteroatoms. The number of anilines is 1. The van der Waals surface area contributed by atoms with Crippen molar-refractivity contribution >= 4 is 35.0 Å². The summed E-state index contributed by atoms with van der Waals surface area (Å²) in [6.07, 6.45) is 0. The van der Waals surface area contributed by atoms with E-state index in [0.29, 0.717) is 15.7 Å². The summed E-state index contributed by atoms with van der Waals surface area (Å²) in [6.45, 7) is 0. The Kier molecular flexibility index (Phi) is 2.91. The van der Waals surface area contributed by atoms with Crippen molar-refractivity contribution in [2.45, 2.75) is 0 Å². The molecular formula is C9H6Cl2N4O2. The Balaban J connectivity index is 2.61. The predicted octanol–water partition coefficient (Wildman–Crippen LogP) is 1.85. The number of rotatable bonds is 2. The van der Waals surface area contributed by atoms with Crippen molar-refractivity contribution < 1.29 is 9.90 Å². The molecule has 17 heavy (non-hydrogen) atoms. The Morgan fingerprint density at radius 2 is 2.12 bits per heavy atom. The predicted molar refractivity (Wildman–Crippen MR) is 62.8 cm³/mol. The molecule has 0 fully saturated rings. The van der Waals surface area contributed by atoms with Crippen molar-refractivity contribution in [3.8, 4) is 5.69 Å². The van der Waals surface area contributed by atoms with Crippen LogP contribution in [0.2, 0.25) is 10.0 Å². The second kappa shape index (κ2) is 4.23. The van der Waals surface area contributed by atoms with Crippen molar-refractivity contribution in [3.05, 3.63) is 33.9 Å². The summed E-state index contributed by atoms with van der Waals surface area (Å²) < 4.78 is 1.12. The molecule has 0 radical (unpaired) electrons. The first kappa shape index (κ1) is 11.7. The summed E-state index contributed by atoms with van der Waals surface area (Å²) in [5, 5.41) is 16.6. The van der Waals surface area contributed by atoms with E-state index >= 15 is 0 Å². The lowest BCUT2D eigenvalue weighted by atomic mass is 10.3. The van der Waals surface area contributed by atoms with Crippen molar-refractivity contribution in [1.29, 1.82) is 0 Å². The maximum atomic E-state index is 10.8. The highest BCUT2D eigenvalue weighted by atomic mass is 35.5. The monoisotopic (exact) mass is 272 g/mol. The lowest BCUT2D eigenvalue weighted by Crippen LogP contribution is -2.06. The van der Waals surface area contributed by atoms with Crippen LogP contribution in [0.15, 0.2) is 18.2 Å². The molecule has 2 rings (SSSR count). The fraction of sp³-hybridized carbons (Fsp3) is 0. The molecule has 1 heterocycles. The lowest BCUT2D eigenvalue weighted by Gasteiger charge is -2.05. The fourth-order valence-electron chi connectivity index (χ4n) is 1.27. The van der Waals surface area contributed by atoms with Crippen molar-refractivity contribution in [1.82, 2.24) is 15.0 Å². The molecule has 3 N–H and O–H groups in total. The Hall–Kier alpha value is -1.79. The Morgan fingerprint density at radius 1 is 1.41 bits per heavy atom. The van der Waals surface area contributed by atoms with Gasteiger partial charge in [-0.05, 0) is 18.2 Å². The molecule has 2 aromatic rings. The Labute approximate surface area is 106 Å². The summed E-state index contributed by atoms with van der Waals surface area (Å²) in [5.41, 5.74) is 5.65. The largest absolute Gasteiger partial charge is 0.476 e. The van der Waals surface area contributed by atoms with E-state index in [2.05, 4.69) is 10.3 Å². The number of hydrogen-bond acceptors (Lipinski definition) is 4. The first-order valence-corrected chi connectivity index (χ1v) is 5.16. The van der Waals surface area contributed by atoms with Gasteiger partial charge < -0.3 is 10.8 Å². The molecule has 0 bridgehead atoms. The second-order valence-corrected chi connectivity index (χ2v) is 3.98. The normalized spacial score (nSPS) is 10.5. The van der Waals surface area contributed by atoms with Crippen LogP contribution in [0.4, 0.5) is 5.82 Å². The number of nitrogens with zero attached hydrogens (tertiary/aromatic N) is 3. The number of carboxylic acids is 1. The van der Waals surface area contributed by atoms with Crippen LogP contribution < -0.4 is 5.73 Å². The molecule has 1 aromatic carbocycles. The minimum Gasteiger partial charge on any atom is -0.476 e. The average Bonchev–Trinajstić information content (AvgIpc) is 2.64. The van der Waals surface area contributed by atoms with E-state index < -0.39 is 5.97 Å². The quantitative estimate of drug-likeness (QED) is 0.870. The number of halogens is 2.